The van der Waals surface area contributed by atoms with Crippen molar-refractivity contribution in [1.29, 1.82) is 0 Å². The van der Waals surface area contributed by atoms with Crippen molar-refractivity contribution in [3.05, 3.63) is 0 Å². The molecule has 0 aromatic carbocycles. The lowest BCUT2D eigenvalue weighted by Crippen LogP contribution is -2.07. The zero-order chi connectivity index (χ0) is 6.57. The molecule has 0 aliphatic rings. The Labute approximate surface area is 51.0 Å². The molecule has 0 amide bonds. The van der Waals surface area contributed by atoms with Gasteiger partial charge in [-0.2, -0.15) is 5.10 Å². The van der Waals surface area contributed by atoms with E-state index in [1.54, 1.807) is 0 Å². The van der Waals surface area contributed by atoms with Crippen LogP contribution in [0.5, 0.6) is 0 Å². The van der Waals surface area contributed by atoms with E-state index in [0.29, 0.717) is 5.92 Å². The van der Waals surface area contributed by atoms with E-state index in [-0.39, 0.29) is 0 Å². The topological polar surface area (TPSA) is 24.4 Å². The van der Waals surface area contributed by atoms with Crippen LogP contribution in [0.2, 0.25) is 0 Å². The predicted molar refractivity (Wildman–Crippen MR) is 37.0 cm³/mol. The van der Waals surface area contributed by atoms with E-state index in [9.17, 15) is 0 Å². The summed E-state index contributed by atoms with van der Waals surface area (Å²) >= 11 is 0. The second-order valence-electron chi connectivity index (χ2n) is 2.13. The number of hydrogen-bond donors (Lipinski definition) is 1. The lowest BCUT2D eigenvalue weighted by molar-refractivity contribution is 0.822. The van der Waals surface area contributed by atoms with Crippen molar-refractivity contribution in [2.45, 2.75) is 20.8 Å². The quantitative estimate of drug-likeness (QED) is 0.424. The number of rotatable bonds is 2. The molecule has 2 nitrogen and oxygen atoms in total. The molecule has 0 saturated heterocycles. The van der Waals surface area contributed by atoms with Crippen molar-refractivity contribution < 1.29 is 0 Å². The minimum Gasteiger partial charge on any atom is -0.313 e. The van der Waals surface area contributed by atoms with E-state index in [1.807, 2.05) is 14.0 Å². The fourth-order valence-corrected chi connectivity index (χ4v) is 0.305. The first-order chi connectivity index (χ1) is 3.68. The molecule has 8 heavy (non-hydrogen) atoms. The molecule has 0 rings (SSSR count). The normalized spacial score (nSPS) is 12.4. The highest BCUT2D eigenvalue weighted by atomic mass is 15.3. The summed E-state index contributed by atoms with van der Waals surface area (Å²) < 4.78 is 0. The molecular formula is C6H14N2. The number of hydrogen-bond acceptors (Lipinski definition) is 2. The number of nitrogens with zero attached hydrogens (tertiary/aromatic N) is 1. The highest BCUT2D eigenvalue weighted by molar-refractivity contribution is 5.83. The molecule has 0 saturated carbocycles. The molecule has 0 spiro atoms. The van der Waals surface area contributed by atoms with Crippen LogP contribution in [0.15, 0.2) is 5.10 Å². The van der Waals surface area contributed by atoms with Crippen LogP contribution < -0.4 is 5.43 Å². The lowest BCUT2D eigenvalue weighted by atomic mass is 10.1. The van der Waals surface area contributed by atoms with Crippen LogP contribution in [0.3, 0.4) is 0 Å². The SMILES string of the molecule is CN/N=C(/C)C(C)C. The maximum Gasteiger partial charge on any atom is 0.0372 e. The van der Waals surface area contributed by atoms with Crippen molar-refractivity contribution in [2.24, 2.45) is 11.0 Å². The Morgan fingerprint density at radius 2 is 2.00 bits per heavy atom. The van der Waals surface area contributed by atoms with Gasteiger partial charge in [0.2, 0.25) is 0 Å². The second kappa shape index (κ2) is 3.47. The third kappa shape index (κ3) is 2.61. The standard InChI is InChI=1S/C6H14N2/c1-5(2)6(3)8-7-4/h5,7H,1-4H3/b8-6-. The number of nitrogens with one attached hydrogen (secondary N) is 1. The molecule has 0 aromatic heterocycles. The molecule has 0 aromatic rings. The summed E-state index contributed by atoms with van der Waals surface area (Å²) in [6.45, 7) is 6.26. The van der Waals surface area contributed by atoms with Crippen molar-refractivity contribution in [1.82, 2.24) is 5.43 Å². The van der Waals surface area contributed by atoms with Crippen LogP contribution in [-0.4, -0.2) is 12.8 Å². The summed E-state index contributed by atoms with van der Waals surface area (Å²) in [6.07, 6.45) is 0. The Morgan fingerprint density at radius 1 is 1.50 bits per heavy atom. The van der Waals surface area contributed by atoms with Crippen LogP contribution in [0, 0.1) is 5.92 Å². The van der Waals surface area contributed by atoms with Gasteiger partial charge in [0.15, 0.2) is 0 Å². The highest BCUT2D eigenvalue weighted by Crippen LogP contribution is 1.93. The minimum atomic E-state index is 0.558. The van der Waals surface area contributed by atoms with E-state index in [2.05, 4.69) is 24.4 Å². The van der Waals surface area contributed by atoms with E-state index >= 15 is 0 Å². The van der Waals surface area contributed by atoms with Gasteiger partial charge >= 0.3 is 0 Å². The molecule has 0 heterocycles. The van der Waals surface area contributed by atoms with Gasteiger partial charge in [0.05, 0.1) is 0 Å². The Bertz CT molecular complexity index is 84.5. The fraction of sp³-hybridized carbons (Fsp3) is 0.833. The maximum absolute atomic E-state index is 3.99. The summed E-state index contributed by atoms with van der Waals surface area (Å²) in [7, 11) is 1.81. The average molecular weight is 114 g/mol. The van der Waals surface area contributed by atoms with Crippen LogP contribution in [0.25, 0.3) is 0 Å². The van der Waals surface area contributed by atoms with Gasteiger partial charge < -0.3 is 5.43 Å². The van der Waals surface area contributed by atoms with Crippen LogP contribution in [0.1, 0.15) is 20.8 Å². The predicted octanol–water partition coefficient (Wildman–Crippen LogP) is 1.24. The van der Waals surface area contributed by atoms with Gasteiger partial charge in [0, 0.05) is 12.8 Å². The summed E-state index contributed by atoms with van der Waals surface area (Å²) in [5, 5.41) is 3.99. The van der Waals surface area contributed by atoms with Gasteiger partial charge in [0.25, 0.3) is 0 Å². The van der Waals surface area contributed by atoms with Crippen molar-refractivity contribution in [3.8, 4) is 0 Å². The Kier molecular flexibility index (Phi) is 3.24. The van der Waals surface area contributed by atoms with Crippen molar-refractivity contribution >= 4 is 5.71 Å². The monoisotopic (exact) mass is 114 g/mol. The maximum atomic E-state index is 3.99. The van der Waals surface area contributed by atoms with Gasteiger partial charge in [-0.25, -0.2) is 0 Å². The Morgan fingerprint density at radius 3 is 2.12 bits per heavy atom. The average Bonchev–Trinajstić information content (AvgIpc) is 1.67. The summed E-state index contributed by atoms with van der Waals surface area (Å²) in [6, 6.07) is 0. The van der Waals surface area contributed by atoms with Gasteiger partial charge in [-0.1, -0.05) is 13.8 Å². The Hall–Kier alpha value is -0.530. The minimum absolute atomic E-state index is 0.558. The summed E-state index contributed by atoms with van der Waals surface area (Å²) in [5.41, 5.74) is 3.88. The molecule has 48 valence electrons. The molecule has 0 aliphatic heterocycles. The second-order valence-corrected chi connectivity index (χ2v) is 2.13. The molecule has 2 heteroatoms. The van der Waals surface area contributed by atoms with Crippen molar-refractivity contribution in [2.75, 3.05) is 7.05 Å². The molecule has 0 radical (unpaired) electrons. The van der Waals surface area contributed by atoms with E-state index < -0.39 is 0 Å². The molecule has 1 N–H and O–H groups in total. The largest absolute Gasteiger partial charge is 0.313 e. The third-order valence-corrected chi connectivity index (χ3v) is 1.12. The smallest absolute Gasteiger partial charge is 0.0372 e. The van der Waals surface area contributed by atoms with E-state index in [1.165, 1.54) is 0 Å². The Balaban J connectivity index is 3.61. The lowest BCUT2D eigenvalue weighted by Gasteiger charge is -2.00. The van der Waals surface area contributed by atoms with Gasteiger partial charge in [-0.05, 0) is 12.8 Å². The zero-order valence-corrected chi connectivity index (χ0v) is 6.02. The third-order valence-electron chi connectivity index (χ3n) is 1.12. The van der Waals surface area contributed by atoms with E-state index in [0.717, 1.165) is 5.71 Å². The van der Waals surface area contributed by atoms with E-state index in [4.69, 9.17) is 0 Å². The summed E-state index contributed by atoms with van der Waals surface area (Å²) in [4.78, 5) is 0. The zero-order valence-electron chi connectivity index (χ0n) is 6.02. The first-order valence-electron chi connectivity index (χ1n) is 2.89. The molecular weight excluding hydrogens is 100 g/mol. The molecule has 0 atom stereocenters. The van der Waals surface area contributed by atoms with Gasteiger partial charge in [-0.15, -0.1) is 0 Å². The molecule has 0 fully saturated rings. The highest BCUT2D eigenvalue weighted by Gasteiger charge is 1.94. The van der Waals surface area contributed by atoms with Crippen LogP contribution >= 0.6 is 0 Å². The van der Waals surface area contributed by atoms with Crippen LogP contribution in [0.4, 0.5) is 0 Å². The fourth-order valence-electron chi connectivity index (χ4n) is 0.305. The van der Waals surface area contributed by atoms with Gasteiger partial charge in [-0.3, -0.25) is 0 Å². The van der Waals surface area contributed by atoms with Crippen LogP contribution in [-0.2, 0) is 0 Å². The first kappa shape index (κ1) is 7.47. The summed E-state index contributed by atoms with van der Waals surface area (Å²) in [5.74, 6) is 0.558. The van der Waals surface area contributed by atoms with Crippen molar-refractivity contribution in [3.63, 3.8) is 0 Å². The molecule has 0 aliphatic carbocycles. The number of hydrazone groups is 1. The van der Waals surface area contributed by atoms with Gasteiger partial charge in [0.1, 0.15) is 0 Å². The first-order valence-corrected chi connectivity index (χ1v) is 2.89. The molecule has 0 bridgehead atoms. The molecule has 0 unspecified atom stereocenters.